The molecule has 0 spiro atoms. The lowest BCUT2D eigenvalue weighted by atomic mass is 10.1. The number of nitrogens with one attached hydrogen (secondary N) is 1. The molecule has 0 aliphatic carbocycles. The molecular formula is C23H28ClN5O. The Morgan fingerprint density at radius 2 is 1.77 bits per heavy atom. The number of halogens is 1. The van der Waals surface area contributed by atoms with Gasteiger partial charge in [0.2, 0.25) is 0 Å². The Morgan fingerprint density at radius 1 is 0.933 bits per heavy atom. The lowest BCUT2D eigenvalue weighted by Crippen LogP contribution is -2.47. The summed E-state index contributed by atoms with van der Waals surface area (Å²) in [5.74, 6) is 1.05. The Bertz CT molecular complexity index is 944. The highest BCUT2D eigenvalue weighted by Crippen LogP contribution is 2.14. The fraction of sp³-hybridized carbons (Fsp3) is 0.348. The highest BCUT2D eigenvalue weighted by Gasteiger charge is 2.17. The van der Waals surface area contributed by atoms with E-state index < -0.39 is 0 Å². The smallest absolute Gasteiger partial charge is 0.251 e. The zero-order chi connectivity index (χ0) is 19.9. The second-order valence-corrected chi connectivity index (χ2v) is 7.39. The number of amides is 1. The number of pyridine rings is 2. The SMILES string of the molecule is Cl.O=C(NCCCCN1CCN(c2ccccn2)CC1)c1ccc2ncccc2c1. The van der Waals surface area contributed by atoms with Crippen LogP contribution in [0.4, 0.5) is 5.82 Å². The minimum Gasteiger partial charge on any atom is -0.354 e. The van der Waals surface area contributed by atoms with Gasteiger partial charge in [-0.1, -0.05) is 12.1 Å². The van der Waals surface area contributed by atoms with Crippen molar-refractivity contribution in [1.82, 2.24) is 20.2 Å². The van der Waals surface area contributed by atoms with E-state index in [-0.39, 0.29) is 18.3 Å². The third-order valence-corrected chi connectivity index (χ3v) is 5.40. The van der Waals surface area contributed by atoms with Crippen molar-refractivity contribution in [3.05, 3.63) is 66.5 Å². The Kier molecular flexibility index (Phi) is 7.99. The van der Waals surface area contributed by atoms with Gasteiger partial charge >= 0.3 is 0 Å². The van der Waals surface area contributed by atoms with Crippen LogP contribution in [-0.2, 0) is 0 Å². The fourth-order valence-corrected chi connectivity index (χ4v) is 3.72. The predicted octanol–water partition coefficient (Wildman–Crippen LogP) is 3.38. The van der Waals surface area contributed by atoms with Crippen LogP contribution in [-0.4, -0.2) is 60.0 Å². The summed E-state index contributed by atoms with van der Waals surface area (Å²) in [5, 5.41) is 4.03. The molecule has 1 fully saturated rings. The predicted molar refractivity (Wildman–Crippen MR) is 123 cm³/mol. The molecule has 1 aromatic carbocycles. The summed E-state index contributed by atoms with van der Waals surface area (Å²) in [7, 11) is 0. The number of carbonyl (C=O) groups excluding carboxylic acids is 1. The molecule has 1 aliphatic rings. The maximum Gasteiger partial charge on any atom is 0.251 e. The maximum atomic E-state index is 12.4. The average molecular weight is 426 g/mol. The normalized spacial score (nSPS) is 14.3. The first-order valence-corrected chi connectivity index (χ1v) is 10.3. The van der Waals surface area contributed by atoms with Crippen LogP contribution in [0.5, 0.6) is 0 Å². The molecule has 1 N–H and O–H groups in total. The van der Waals surface area contributed by atoms with Crippen LogP contribution >= 0.6 is 12.4 Å². The Hall–Kier alpha value is -2.70. The summed E-state index contributed by atoms with van der Waals surface area (Å²) in [4.78, 5) is 25.9. The Labute approximate surface area is 183 Å². The number of aromatic nitrogens is 2. The molecule has 1 saturated heterocycles. The number of benzene rings is 1. The second kappa shape index (κ2) is 10.9. The largest absolute Gasteiger partial charge is 0.354 e. The van der Waals surface area contributed by atoms with E-state index in [4.69, 9.17) is 0 Å². The van der Waals surface area contributed by atoms with Crippen molar-refractivity contribution in [2.45, 2.75) is 12.8 Å². The van der Waals surface area contributed by atoms with Gasteiger partial charge in [0.05, 0.1) is 5.52 Å². The summed E-state index contributed by atoms with van der Waals surface area (Å²) in [5.41, 5.74) is 1.60. The lowest BCUT2D eigenvalue weighted by Gasteiger charge is -2.35. The van der Waals surface area contributed by atoms with Gasteiger partial charge in [0.25, 0.3) is 5.91 Å². The Morgan fingerprint density at radius 3 is 2.57 bits per heavy atom. The van der Waals surface area contributed by atoms with E-state index >= 15 is 0 Å². The molecule has 0 atom stereocenters. The molecule has 3 heterocycles. The molecule has 0 radical (unpaired) electrons. The number of piperazine rings is 1. The summed E-state index contributed by atoms with van der Waals surface area (Å²) < 4.78 is 0. The van der Waals surface area contributed by atoms with E-state index in [1.807, 2.05) is 48.7 Å². The van der Waals surface area contributed by atoms with E-state index in [9.17, 15) is 4.79 Å². The molecule has 1 amide bonds. The highest BCUT2D eigenvalue weighted by atomic mass is 35.5. The second-order valence-electron chi connectivity index (χ2n) is 7.39. The van der Waals surface area contributed by atoms with E-state index in [1.54, 1.807) is 6.20 Å². The van der Waals surface area contributed by atoms with Crippen molar-refractivity contribution < 1.29 is 4.79 Å². The van der Waals surface area contributed by atoms with Gasteiger partial charge < -0.3 is 10.2 Å². The molecule has 3 aromatic rings. The summed E-state index contributed by atoms with van der Waals surface area (Å²) >= 11 is 0. The molecule has 158 valence electrons. The lowest BCUT2D eigenvalue weighted by molar-refractivity contribution is 0.0952. The van der Waals surface area contributed by atoms with Crippen molar-refractivity contribution in [1.29, 1.82) is 0 Å². The van der Waals surface area contributed by atoms with E-state index in [2.05, 4.69) is 31.2 Å². The van der Waals surface area contributed by atoms with Gasteiger partial charge in [-0.2, -0.15) is 0 Å². The maximum absolute atomic E-state index is 12.4. The summed E-state index contributed by atoms with van der Waals surface area (Å²) in [6.45, 7) is 5.95. The molecule has 0 bridgehead atoms. The number of anilines is 1. The van der Waals surface area contributed by atoms with Gasteiger partial charge in [0.15, 0.2) is 0 Å². The van der Waals surface area contributed by atoms with Crippen molar-refractivity contribution in [3.8, 4) is 0 Å². The molecular weight excluding hydrogens is 398 g/mol. The molecule has 1 aliphatic heterocycles. The molecule has 30 heavy (non-hydrogen) atoms. The van der Waals surface area contributed by atoms with Crippen LogP contribution in [0.1, 0.15) is 23.2 Å². The monoisotopic (exact) mass is 425 g/mol. The van der Waals surface area contributed by atoms with Crippen molar-refractivity contribution in [2.24, 2.45) is 0 Å². The zero-order valence-electron chi connectivity index (χ0n) is 17.0. The number of hydrogen-bond acceptors (Lipinski definition) is 5. The highest BCUT2D eigenvalue weighted by molar-refractivity contribution is 5.97. The summed E-state index contributed by atoms with van der Waals surface area (Å²) in [6, 6.07) is 15.6. The Balaban J connectivity index is 0.00000256. The van der Waals surface area contributed by atoms with Crippen LogP contribution in [0.25, 0.3) is 10.9 Å². The number of rotatable bonds is 7. The molecule has 0 saturated carbocycles. The third-order valence-electron chi connectivity index (χ3n) is 5.40. The van der Waals surface area contributed by atoms with Gasteiger partial charge in [-0.25, -0.2) is 4.98 Å². The number of hydrogen-bond donors (Lipinski definition) is 1. The first kappa shape index (κ1) is 22.0. The number of carbonyl (C=O) groups is 1. The zero-order valence-corrected chi connectivity index (χ0v) is 17.9. The third kappa shape index (κ3) is 5.68. The molecule has 6 nitrogen and oxygen atoms in total. The van der Waals surface area contributed by atoms with E-state index in [0.717, 1.165) is 62.3 Å². The summed E-state index contributed by atoms with van der Waals surface area (Å²) in [6.07, 6.45) is 5.69. The van der Waals surface area contributed by atoms with Crippen LogP contribution in [0.3, 0.4) is 0 Å². The topological polar surface area (TPSA) is 61.4 Å². The van der Waals surface area contributed by atoms with E-state index in [0.29, 0.717) is 12.1 Å². The minimum absolute atomic E-state index is 0. The number of fused-ring (bicyclic) bond motifs is 1. The van der Waals surface area contributed by atoms with Crippen molar-refractivity contribution >= 4 is 35.0 Å². The van der Waals surface area contributed by atoms with E-state index in [1.165, 1.54) is 0 Å². The van der Waals surface area contributed by atoms with Crippen LogP contribution in [0.2, 0.25) is 0 Å². The van der Waals surface area contributed by atoms with Crippen molar-refractivity contribution in [3.63, 3.8) is 0 Å². The fourth-order valence-electron chi connectivity index (χ4n) is 3.72. The molecule has 2 aromatic heterocycles. The van der Waals surface area contributed by atoms with Gasteiger partial charge in [-0.05, 0) is 55.8 Å². The minimum atomic E-state index is -0.0141. The molecule has 7 heteroatoms. The molecule has 0 unspecified atom stereocenters. The quantitative estimate of drug-likeness (QED) is 0.588. The van der Waals surface area contributed by atoms with Gasteiger partial charge in [0, 0.05) is 56.1 Å². The number of unbranched alkanes of at least 4 members (excludes halogenated alkanes) is 1. The van der Waals surface area contributed by atoms with Gasteiger partial charge in [-0.3, -0.25) is 14.7 Å². The van der Waals surface area contributed by atoms with Crippen LogP contribution in [0.15, 0.2) is 60.9 Å². The first-order valence-electron chi connectivity index (χ1n) is 10.3. The van der Waals surface area contributed by atoms with Crippen LogP contribution < -0.4 is 10.2 Å². The first-order chi connectivity index (χ1) is 14.3. The average Bonchev–Trinajstić information content (AvgIpc) is 2.79. The van der Waals surface area contributed by atoms with Gasteiger partial charge in [0.1, 0.15) is 5.82 Å². The number of nitrogens with zero attached hydrogens (tertiary/aromatic N) is 4. The van der Waals surface area contributed by atoms with Crippen molar-refractivity contribution in [2.75, 3.05) is 44.2 Å². The van der Waals surface area contributed by atoms with Gasteiger partial charge in [-0.15, -0.1) is 12.4 Å². The molecule has 4 rings (SSSR count). The standard InChI is InChI=1S/C23H27N5O.ClH/c29-23(20-8-9-21-19(18-20)6-5-12-24-21)26-11-3-4-13-27-14-16-28(17-15-27)22-7-1-2-10-25-22;/h1-2,5-10,12,18H,3-4,11,13-17H2,(H,26,29);1H. The van der Waals surface area contributed by atoms with Crippen LogP contribution in [0, 0.1) is 0 Å².